The molecule has 0 aliphatic heterocycles. The van der Waals surface area contributed by atoms with Crippen molar-refractivity contribution in [3.63, 3.8) is 0 Å². The average Bonchev–Trinajstić information content (AvgIpc) is 2.71. The molecule has 3 N–H and O–H groups in total. The van der Waals surface area contributed by atoms with Crippen molar-refractivity contribution in [1.82, 2.24) is 10.3 Å². The standard InChI is InChI=1S/C13H18N2O/c1-3-9-4-5-12-10(6-9)11(7-15-12)13(16)8-14-2/h4-7,13-16H,3,8H2,1-2H3. The van der Waals surface area contributed by atoms with Crippen molar-refractivity contribution in [2.75, 3.05) is 13.6 Å². The number of hydrogen-bond acceptors (Lipinski definition) is 2. The van der Waals surface area contributed by atoms with Gasteiger partial charge in [-0.2, -0.15) is 0 Å². The number of aromatic nitrogens is 1. The second-order valence-electron chi connectivity index (χ2n) is 4.05. The van der Waals surface area contributed by atoms with E-state index in [0.29, 0.717) is 6.54 Å². The molecule has 2 rings (SSSR count). The smallest absolute Gasteiger partial charge is 0.0934 e. The van der Waals surface area contributed by atoms with E-state index in [1.54, 1.807) is 0 Å². The van der Waals surface area contributed by atoms with Crippen LogP contribution in [0.1, 0.15) is 24.2 Å². The number of likely N-dealkylation sites (N-methyl/N-ethyl adjacent to an activating group) is 1. The lowest BCUT2D eigenvalue weighted by atomic mass is 10.0. The summed E-state index contributed by atoms with van der Waals surface area (Å²) in [7, 11) is 1.84. The molecule has 0 bridgehead atoms. The monoisotopic (exact) mass is 218 g/mol. The Morgan fingerprint density at radius 2 is 2.25 bits per heavy atom. The first-order chi connectivity index (χ1) is 7.76. The fraction of sp³-hybridized carbons (Fsp3) is 0.385. The van der Waals surface area contributed by atoms with E-state index in [4.69, 9.17) is 0 Å². The fourth-order valence-corrected chi connectivity index (χ4v) is 1.99. The van der Waals surface area contributed by atoms with Crippen molar-refractivity contribution in [3.05, 3.63) is 35.5 Å². The molecule has 2 aromatic rings. The summed E-state index contributed by atoms with van der Waals surface area (Å²) in [5, 5.41) is 14.1. The van der Waals surface area contributed by atoms with Crippen LogP contribution in [-0.4, -0.2) is 23.7 Å². The topological polar surface area (TPSA) is 48.0 Å². The lowest BCUT2D eigenvalue weighted by Gasteiger charge is -2.08. The summed E-state index contributed by atoms with van der Waals surface area (Å²) in [6, 6.07) is 6.34. The Labute approximate surface area is 95.5 Å². The Bertz CT molecular complexity index is 476. The van der Waals surface area contributed by atoms with Gasteiger partial charge in [-0.05, 0) is 31.2 Å². The molecular weight excluding hydrogens is 200 g/mol. The molecule has 0 saturated heterocycles. The van der Waals surface area contributed by atoms with Crippen molar-refractivity contribution in [2.45, 2.75) is 19.4 Å². The highest BCUT2D eigenvalue weighted by Crippen LogP contribution is 2.25. The molecule has 0 aliphatic carbocycles. The number of aliphatic hydroxyl groups is 1. The van der Waals surface area contributed by atoms with Crippen molar-refractivity contribution in [2.24, 2.45) is 0 Å². The van der Waals surface area contributed by atoms with E-state index in [9.17, 15) is 5.11 Å². The second-order valence-corrected chi connectivity index (χ2v) is 4.05. The van der Waals surface area contributed by atoms with Crippen molar-refractivity contribution in [3.8, 4) is 0 Å². The Morgan fingerprint density at radius 1 is 1.44 bits per heavy atom. The number of aryl methyl sites for hydroxylation is 1. The van der Waals surface area contributed by atoms with Gasteiger partial charge in [-0.1, -0.05) is 13.0 Å². The molecule has 0 amide bonds. The molecule has 1 unspecified atom stereocenters. The molecule has 0 aliphatic rings. The largest absolute Gasteiger partial charge is 0.387 e. The lowest BCUT2D eigenvalue weighted by Crippen LogP contribution is -2.16. The zero-order valence-corrected chi connectivity index (χ0v) is 9.75. The molecule has 1 aromatic carbocycles. The molecule has 1 atom stereocenters. The van der Waals surface area contributed by atoms with Crippen molar-refractivity contribution < 1.29 is 5.11 Å². The van der Waals surface area contributed by atoms with E-state index >= 15 is 0 Å². The van der Waals surface area contributed by atoms with Crippen LogP contribution in [0.4, 0.5) is 0 Å². The number of fused-ring (bicyclic) bond motifs is 1. The fourth-order valence-electron chi connectivity index (χ4n) is 1.99. The Hall–Kier alpha value is -1.32. The summed E-state index contributed by atoms with van der Waals surface area (Å²) in [5.41, 5.74) is 3.35. The van der Waals surface area contributed by atoms with Crippen LogP contribution in [0.3, 0.4) is 0 Å². The van der Waals surface area contributed by atoms with E-state index in [0.717, 1.165) is 22.9 Å². The first-order valence-electron chi connectivity index (χ1n) is 5.68. The van der Waals surface area contributed by atoms with Crippen LogP contribution in [0.15, 0.2) is 24.4 Å². The first-order valence-corrected chi connectivity index (χ1v) is 5.68. The van der Waals surface area contributed by atoms with E-state index < -0.39 is 6.10 Å². The average molecular weight is 218 g/mol. The number of nitrogens with one attached hydrogen (secondary N) is 2. The van der Waals surface area contributed by atoms with Gasteiger partial charge >= 0.3 is 0 Å². The molecule has 3 nitrogen and oxygen atoms in total. The van der Waals surface area contributed by atoms with Gasteiger partial charge in [0.25, 0.3) is 0 Å². The zero-order valence-electron chi connectivity index (χ0n) is 9.75. The van der Waals surface area contributed by atoms with Crippen LogP contribution in [-0.2, 0) is 6.42 Å². The van der Waals surface area contributed by atoms with Gasteiger partial charge < -0.3 is 15.4 Å². The summed E-state index contributed by atoms with van der Waals surface area (Å²) in [6.07, 6.45) is 2.46. The number of aliphatic hydroxyl groups excluding tert-OH is 1. The molecule has 86 valence electrons. The van der Waals surface area contributed by atoms with Crippen LogP contribution in [0.5, 0.6) is 0 Å². The summed E-state index contributed by atoms with van der Waals surface area (Å²) in [6.45, 7) is 2.71. The van der Waals surface area contributed by atoms with Gasteiger partial charge in [0, 0.05) is 29.2 Å². The maximum atomic E-state index is 9.99. The Morgan fingerprint density at radius 3 is 2.94 bits per heavy atom. The molecule has 0 radical (unpaired) electrons. The Kier molecular flexibility index (Phi) is 3.27. The van der Waals surface area contributed by atoms with Gasteiger partial charge in [-0.3, -0.25) is 0 Å². The number of aromatic amines is 1. The first kappa shape index (κ1) is 11.2. The van der Waals surface area contributed by atoms with Crippen molar-refractivity contribution in [1.29, 1.82) is 0 Å². The van der Waals surface area contributed by atoms with Crippen LogP contribution < -0.4 is 5.32 Å². The van der Waals surface area contributed by atoms with Gasteiger partial charge in [0.05, 0.1) is 6.10 Å². The highest BCUT2D eigenvalue weighted by atomic mass is 16.3. The summed E-state index contributed by atoms with van der Waals surface area (Å²) in [5.74, 6) is 0. The van der Waals surface area contributed by atoms with Crippen LogP contribution >= 0.6 is 0 Å². The summed E-state index contributed by atoms with van der Waals surface area (Å²) in [4.78, 5) is 3.19. The minimum Gasteiger partial charge on any atom is -0.387 e. The lowest BCUT2D eigenvalue weighted by molar-refractivity contribution is 0.179. The number of hydrogen-bond donors (Lipinski definition) is 3. The molecule has 0 fully saturated rings. The van der Waals surface area contributed by atoms with Gasteiger partial charge in [0.2, 0.25) is 0 Å². The van der Waals surface area contributed by atoms with E-state index in [2.05, 4.69) is 35.4 Å². The van der Waals surface area contributed by atoms with Gasteiger partial charge in [-0.15, -0.1) is 0 Å². The van der Waals surface area contributed by atoms with Crippen LogP contribution in [0.2, 0.25) is 0 Å². The third-order valence-electron chi connectivity index (χ3n) is 2.94. The van der Waals surface area contributed by atoms with Gasteiger partial charge in [-0.25, -0.2) is 0 Å². The van der Waals surface area contributed by atoms with E-state index in [1.165, 1.54) is 5.56 Å². The predicted molar refractivity (Wildman–Crippen MR) is 66.6 cm³/mol. The van der Waals surface area contributed by atoms with Crippen molar-refractivity contribution >= 4 is 10.9 Å². The molecule has 16 heavy (non-hydrogen) atoms. The molecule has 0 spiro atoms. The second kappa shape index (κ2) is 4.68. The zero-order chi connectivity index (χ0) is 11.5. The minimum absolute atomic E-state index is 0.453. The normalized spacial score (nSPS) is 13.2. The third-order valence-corrected chi connectivity index (χ3v) is 2.94. The number of rotatable bonds is 4. The Balaban J connectivity index is 2.45. The third kappa shape index (κ3) is 1.96. The minimum atomic E-state index is -0.453. The number of H-pyrrole nitrogens is 1. The maximum Gasteiger partial charge on any atom is 0.0934 e. The van der Waals surface area contributed by atoms with Crippen LogP contribution in [0, 0.1) is 0 Å². The molecule has 1 heterocycles. The maximum absolute atomic E-state index is 9.99. The molecular formula is C13H18N2O. The highest BCUT2D eigenvalue weighted by molar-refractivity contribution is 5.84. The SMILES string of the molecule is CCc1ccc2[nH]cc(C(O)CNC)c2c1. The quantitative estimate of drug-likeness (QED) is 0.735. The van der Waals surface area contributed by atoms with E-state index in [1.807, 2.05) is 13.2 Å². The summed E-state index contributed by atoms with van der Waals surface area (Å²) < 4.78 is 0. The molecule has 3 heteroatoms. The van der Waals surface area contributed by atoms with Gasteiger partial charge in [0.1, 0.15) is 0 Å². The predicted octanol–water partition coefficient (Wildman–Crippen LogP) is 1.98. The van der Waals surface area contributed by atoms with Crippen LogP contribution in [0.25, 0.3) is 10.9 Å². The van der Waals surface area contributed by atoms with E-state index in [-0.39, 0.29) is 0 Å². The molecule has 1 aromatic heterocycles. The molecule has 0 saturated carbocycles. The van der Waals surface area contributed by atoms with Gasteiger partial charge in [0.15, 0.2) is 0 Å². The summed E-state index contributed by atoms with van der Waals surface area (Å²) >= 11 is 0. The number of benzene rings is 1. The highest BCUT2D eigenvalue weighted by Gasteiger charge is 2.12.